The van der Waals surface area contributed by atoms with Crippen molar-refractivity contribution in [3.63, 3.8) is 0 Å². The second-order valence-electron chi connectivity index (χ2n) is 5.96. The average molecular weight is 435 g/mol. The van der Waals surface area contributed by atoms with Gasteiger partial charge in [0.2, 0.25) is 5.91 Å². The highest BCUT2D eigenvalue weighted by Crippen LogP contribution is 2.53. The molecule has 1 amide bonds. The number of amides is 1. The molecule has 8 heteroatoms. The summed E-state index contributed by atoms with van der Waals surface area (Å²) in [4.78, 5) is 26.1. The fourth-order valence-corrected chi connectivity index (χ4v) is 5.57. The van der Waals surface area contributed by atoms with E-state index in [1.54, 1.807) is 23.8 Å². The third kappa shape index (κ3) is 2.91. The van der Waals surface area contributed by atoms with Crippen LogP contribution in [-0.4, -0.2) is 50.8 Å². The van der Waals surface area contributed by atoms with Crippen LogP contribution in [0.5, 0.6) is 5.75 Å². The molecule has 2 aliphatic rings. The molecule has 3 rings (SSSR count). The van der Waals surface area contributed by atoms with Gasteiger partial charge < -0.3 is 14.4 Å². The van der Waals surface area contributed by atoms with Gasteiger partial charge in [-0.05, 0) is 24.6 Å². The van der Waals surface area contributed by atoms with Crippen molar-refractivity contribution in [2.45, 2.75) is 34.5 Å². The Balaban J connectivity index is 1.69. The summed E-state index contributed by atoms with van der Waals surface area (Å²) in [6, 6.07) is 6.62. The number of carbonyl (C=O) groups is 2. The summed E-state index contributed by atoms with van der Waals surface area (Å²) in [5.41, 5.74) is 0.854. The molecule has 2 aliphatic heterocycles. The van der Waals surface area contributed by atoms with E-state index in [0.29, 0.717) is 0 Å². The summed E-state index contributed by atoms with van der Waals surface area (Å²) in [6.45, 7) is 2.04. The van der Waals surface area contributed by atoms with E-state index in [0.717, 1.165) is 11.3 Å². The van der Waals surface area contributed by atoms with Crippen LogP contribution < -0.4 is 4.74 Å². The molecule has 4 atom stereocenters. The molecule has 0 saturated carbocycles. The summed E-state index contributed by atoms with van der Waals surface area (Å²) in [7, 11) is 1.59. The van der Waals surface area contributed by atoms with Crippen molar-refractivity contribution in [2.24, 2.45) is 0 Å². The standard InChI is InChI=1S/C16H17BrClNO4S/c1-16(8-18)12(19-13(20)11(17)14(19)24-16)15(21)23-7-9-3-5-10(22-2)6-4-9/h3-6,11-12,14H,7-8H2,1-2H3. The summed E-state index contributed by atoms with van der Waals surface area (Å²) in [5, 5.41) is -0.0696. The maximum absolute atomic E-state index is 12.6. The number of alkyl halides is 2. The molecule has 2 saturated heterocycles. The third-order valence-corrected chi connectivity index (χ3v) is 7.89. The Morgan fingerprint density at radius 2 is 2.08 bits per heavy atom. The van der Waals surface area contributed by atoms with Gasteiger partial charge in [0.15, 0.2) is 0 Å². The van der Waals surface area contributed by atoms with Crippen LogP contribution in [0.25, 0.3) is 0 Å². The molecule has 1 aromatic rings. The monoisotopic (exact) mass is 433 g/mol. The Labute approximate surface area is 158 Å². The van der Waals surface area contributed by atoms with Crippen molar-refractivity contribution in [1.29, 1.82) is 0 Å². The first kappa shape index (κ1) is 17.9. The zero-order chi connectivity index (χ0) is 17.5. The summed E-state index contributed by atoms with van der Waals surface area (Å²) in [6.07, 6.45) is 0. The van der Waals surface area contributed by atoms with Crippen molar-refractivity contribution in [3.05, 3.63) is 29.8 Å². The highest BCUT2D eigenvalue weighted by molar-refractivity contribution is 9.10. The number of rotatable bonds is 5. The first-order valence-corrected chi connectivity index (χ1v) is 9.74. The third-order valence-electron chi connectivity index (χ3n) is 4.29. The van der Waals surface area contributed by atoms with Crippen LogP contribution in [0.15, 0.2) is 24.3 Å². The van der Waals surface area contributed by atoms with Crippen LogP contribution in [-0.2, 0) is 20.9 Å². The maximum atomic E-state index is 12.6. The molecule has 0 radical (unpaired) electrons. The Morgan fingerprint density at radius 3 is 2.67 bits per heavy atom. The number of β-lactam (4-membered cyclic amide) rings is 1. The van der Waals surface area contributed by atoms with Crippen molar-refractivity contribution < 1.29 is 19.1 Å². The summed E-state index contributed by atoms with van der Waals surface area (Å²) < 4.78 is 10.0. The summed E-state index contributed by atoms with van der Waals surface area (Å²) >= 11 is 11.0. The molecule has 0 aliphatic carbocycles. The van der Waals surface area contributed by atoms with E-state index < -0.39 is 16.8 Å². The molecule has 2 fully saturated rings. The lowest BCUT2D eigenvalue weighted by molar-refractivity contribution is -0.161. The number of fused-ring (bicyclic) bond motifs is 1. The SMILES string of the molecule is COc1ccc(COC(=O)C2N3C(=O)C(Br)C3SC2(C)CCl)cc1. The molecular weight excluding hydrogens is 418 g/mol. The van der Waals surface area contributed by atoms with Gasteiger partial charge in [0, 0.05) is 5.88 Å². The predicted octanol–water partition coefficient (Wildman–Crippen LogP) is 2.78. The van der Waals surface area contributed by atoms with Crippen molar-refractivity contribution in [2.75, 3.05) is 13.0 Å². The van der Waals surface area contributed by atoms with Crippen LogP contribution in [0.4, 0.5) is 0 Å². The van der Waals surface area contributed by atoms with E-state index in [1.807, 2.05) is 31.2 Å². The number of thioether (sulfide) groups is 1. The number of nitrogens with zero attached hydrogens (tertiary/aromatic N) is 1. The Kier molecular flexibility index (Phi) is 5.04. The minimum Gasteiger partial charge on any atom is -0.497 e. The van der Waals surface area contributed by atoms with Crippen LogP contribution in [0.1, 0.15) is 12.5 Å². The first-order chi connectivity index (χ1) is 11.4. The van der Waals surface area contributed by atoms with Gasteiger partial charge in [0.05, 0.1) is 11.9 Å². The number of ether oxygens (including phenoxy) is 2. The van der Waals surface area contributed by atoms with E-state index >= 15 is 0 Å². The van der Waals surface area contributed by atoms with Gasteiger partial charge in [-0.25, -0.2) is 4.79 Å². The first-order valence-electron chi connectivity index (χ1n) is 7.41. The zero-order valence-electron chi connectivity index (χ0n) is 13.2. The van der Waals surface area contributed by atoms with E-state index in [4.69, 9.17) is 21.1 Å². The van der Waals surface area contributed by atoms with Crippen molar-refractivity contribution >= 4 is 51.2 Å². The average Bonchev–Trinajstić information content (AvgIpc) is 2.90. The van der Waals surface area contributed by atoms with E-state index in [2.05, 4.69) is 15.9 Å². The minimum absolute atomic E-state index is 0.0696. The molecule has 0 aromatic heterocycles. The van der Waals surface area contributed by atoms with E-state index in [-0.39, 0.29) is 28.6 Å². The molecule has 5 nitrogen and oxygen atoms in total. The lowest BCUT2D eigenvalue weighted by Crippen LogP contribution is -2.64. The molecule has 4 unspecified atom stereocenters. The van der Waals surface area contributed by atoms with E-state index in [9.17, 15) is 9.59 Å². The second kappa shape index (κ2) is 6.77. The lowest BCUT2D eigenvalue weighted by Gasteiger charge is -2.41. The second-order valence-corrected chi connectivity index (χ2v) is 8.87. The normalized spacial score (nSPS) is 31.4. The number of halogens is 2. The molecule has 24 heavy (non-hydrogen) atoms. The van der Waals surface area contributed by atoms with Gasteiger partial charge in [-0.2, -0.15) is 0 Å². The topological polar surface area (TPSA) is 55.8 Å². The number of esters is 1. The van der Waals surface area contributed by atoms with Crippen LogP contribution in [0, 0.1) is 0 Å². The molecular formula is C16H17BrClNO4S. The fourth-order valence-electron chi connectivity index (χ4n) is 2.90. The van der Waals surface area contributed by atoms with Crippen LogP contribution >= 0.6 is 39.3 Å². The molecule has 0 N–H and O–H groups in total. The van der Waals surface area contributed by atoms with Gasteiger partial charge in [0.1, 0.15) is 28.6 Å². The van der Waals surface area contributed by atoms with Crippen molar-refractivity contribution in [1.82, 2.24) is 4.90 Å². The molecule has 0 bridgehead atoms. The molecule has 2 heterocycles. The molecule has 130 valence electrons. The quantitative estimate of drug-likeness (QED) is 0.405. The molecule has 1 aromatic carbocycles. The largest absolute Gasteiger partial charge is 0.497 e. The number of hydrogen-bond donors (Lipinski definition) is 0. The highest BCUT2D eigenvalue weighted by atomic mass is 79.9. The van der Waals surface area contributed by atoms with E-state index in [1.165, 1.54) is 0 Å². The zero-order valence-corrected chi connectivity index (χ0v) is 16.4. The van der Waals surface area contributed by atoms with Gasteiger partial charge in [-0.3, -0.25) is 4.79 Å². The minimum atomic E-state index is -0.662. The number of methoxy groups -OCH3 is 1. The fraction of sp³-hybridized carbons (Fsp3) is 0.500. The van der Waals surface area contributed by atoms with Gasteiger partial charge >= 0.3 is 5.97 Å². The Bertz CT molecular complexity index is 658. The maximum Gasteiger partial charge on any atom is 0.330 e. The van der Waals surface area contributed by atoms with Crippen LogP contribution in [0.2, 0.25) is 0 Å². The Morgan fingerprint density at radius 1 is 1.42 bits per heavy atom. The summed E-state index contributed by atoms with van der Waals surface area (Å²) in [5.74, 6) is 0.494. The number of hydrogen-bond acceptors (Lipinski definition) is 5. The van der Waals surface area contributed by atoms with Gasteiger partial charge in [-0.1, -0.05) is 28.1 Å². The molecule has 0 spiro atoms. The van der Waals surface area contributed by atoms with Gasteiger partial charge in [-0.15, -0.1) is 23.4 Å². The number of carbonyl (C=O) groups excluding carboxylic acids is 2. The number of benzene rings is 1. The van der Waals surface area contributed by atoms with Crippen molar-refractivity contribution in [3.8, 4) is 5.75 Å². The lowest BCUT2D eigenvalue weighted by atomic mass is 9.98. The smallest absolute Gasteiger partial charge is 0.330 e. The van der Waals surface area contributed by atoms with Gasteiger partial charge in [0.25, 0.3) is 0 Å². The highest BCUT2D eigenvalue weighted by Gasteiger charge is 2.64. The van der Waals surface area contributed by atoms with Crippen LogP contribution in [0.3, 0.4) is 0 Å². The Hall–Kier alpha value is -0.920. The predicted molar refractivity (Wildman–Crippen MR) is 96.6 cm³/mol.